The summed E-state index contributed by atoms with van der Waals surface area (Å²) in [6.45, 7) is 1.99. The van der Waals surface area contributed by atoms with Crippen LogP contribution >= 0.6 is 15.9 Å². The fourth-order valence-electron chi connectivity index (χ4n) is 2.13. The molecule has 0 amide bonds. The number of aryl methyl sites for hydroxylation is 2. The number of rotatable bonds is 5. The van der Waals surface area contributed by atoms with Crippen molar-refractivity contribution in [1.29, 1.82) is 0 Å². The minimum absolute atomic E-state index is 0.148. The summed E-state index contributed by atoms with van der Waals surface area (Å²) >= 11 is 3.58. The zero-order valence-electron chi connectivity index (χ0n) is 11.1. The molecule has 2 rings (SSSR count). The van der Waals surface area contributed by atoms with Gasteiger partial charge in [-0.3, -0.25) is 20.9 Å². The summed E-state index contributed by atoms with van der Waals surface area (Å²) in [6.07, 6.45) is 5.29. The second-order valence-corrected chi connectivity index (χ2v) is 5.40. The molecule has 0 radical (unpaired) electrons. The van der Waals surface area contributed by atoms with Gasteiger partial charge in [-0.2, -0.15) is 5.10 Å². The van der Waals surface area contributed by atoms with E-state index in [1.165, 1.54) is 5.56 Å². The number of aromatic nitrogens is 3. The highest BCUT2D eigenvalue weighted by molar-refractivity contribution is 9.10. The molecule has 0 fully saturated rings. The van der Waals surface area contributed by atoms with Crippen molar-refractivity contribution in [3.8, 4) is 0 Å². The molecule has 3 N–H and O–H groups in total. The Kier molecular flexibility index (Phi) is 4.68. The monoisotopic (exact) mass is 323 g/mol. The van der Waals surface area contributed by atoms with Gasteiger partial charge in [0.1, 0.15) is 0 Å². The second kappa shape index (κ2) is 6.27. The Morgan fingerprint density at radius 3 is 2.79 bits per heavy atom. The predicted octanol–water partition coefficient (Wildman–Crippen LogP) is 1.50. The molecule has 0 spiro atoms. The molecule has 0 saturated carbocycles. The van der Waals surface area contributed by atoms with Crippen LogP contribution in [0.2, 0.25) is 0 Å². The predicted molar refractivity (Wildman–Crippen MR) is 78.4 cm³/mol. The lowest BCUT2D eigenvalue weighted by molar-refractivity contribution is 0.504. The average Bonchev–Trinajstić information content (AvgIpc) is 2.65. The Balaban J connectivity index is 2.11. The van der Waals surface area contributed by atoms with E-state index in [1.807, 2.05) is 30.9 Å². The van der Waals surface area contributed by atoms with Gasteiger partial charge in [0.05, 0.1) is 15.9 Å². The summed E-state index contributed by atoms with van der Waals surface area (Å²) in [6, 6.07) is 4.14. The van der Waals surface area contributed by atoms with Crippen molar-refractivity contribution >= 4 is 15.9 Å². The van der Waals surface area contributed by atoms with Gasteiger partial charge < -0.3 is 0 Å². The summed E-state index contributed by atoms with van der Waals surface area (Å²) in [4.78, 5) is 4.12. The van der Waals surface area contributed by atoms with Crippen molar-refractivity contribution < 1.29 is 0 Å². The first-order chi connectivity index (χ1) is 9.11. The van der Waals surface area contributed by atoms with E-state index in [2.05, 4.69) is 37.5 Å². The molecule has 0 aliphatic heterocycles. The van der Waals surface area contributed by atoms with Gasteiger partial charge in [-0.05, 0) is 40.9 Å². The zero-order valence-corrected chi connectivity index (χ0v) is 12.7. The number of hydrogen-bond acceptors (Lipinski definition) is 4. The summed E-state index contributed by atoms with van der Waals surface area (Å²) in [5.41, 5.74) is 6.18. The average molecular weight is 324 g/mol. The molecule has 2 heterocycles. The van der Waals surface area contributed by atoms with E-state index in [9.17, 15) is 0 Å². The van der Waals surface area contributed by atoms with Gasteiger partial charge in [0.15, 0.2) is 0 Å². The molecule has 0 aliphatic rings. The van der Waals surface area contributed by atoms with Crippen molar-refractivity contribution in [3.63, 3.8) is 0 Å². The Morgan fingerprint density at radius 2 is 2.26 bits per heavy atom. The minimum atomic E-state index is 0.148. The van der Waals surface area contributed by atoms with Crippen LogP contribution in [-0.4, -0.2) is 20.8 Å². The number of nitrogens with one attached hydrogen (secondary N) is 1. The second-order valence-electron chi connectivity index (χ2n) is 4.60. The Morgan fingerprint density at radius 1 is 1.47 bits per heavy atom. The van der Waals surface area contributed by atoms with E-state index in [-0.39, 0.29) is 6.04 Å². The van der Waals surface area contributed by atoms with Crippen molar-refractivity contribution in [2.24, 2.45) is 12.9 Å². The first-order valence-corrected chi connectivity index (χ1v) is 6.94. The smallest absolute Gasteiger partial charge is 0.0738 e. The highest BCUT2D eigenvalue weighted by atomic mass is 79.9. The van der Waals surface area contributed by atoms with E-state index < -0.39 is 0 Å². The molecule has 1 atom stereocenters. The first kappa shape index (κ1) is 14.2. The molecule has 102 valence electrons. The quantitative estimate of drug-likeness (QED) is 0.646. The van der Waals surface area contributed by atoms with Crippen molar-refractivity contribution in [2.45, 2.75) is 25.8 Å². The SMILES string of the molecule is Cc1nn(C)c(CC(Cc2cccnc2)NN)c1Br. The van der Waals surface area contributed by atoms with Crippen LogP contribution in [-0.2, 0) is 19.9 Å². The Hall–Kier alpha value is -1.24. The van der Waals surface area contributed by atoms with E-state index in [4.69, 9.17) is 5.84 Å². The van der Waals surface area contributed by atoms with E-state index in [0.29, 0.717) is 0 Å². The minimum Gasteiger partial charge on any atom is -0.271 e. The maximum atomic E-state index is 5.66. The maximum absolute atomic E-state index is 5.66. The lowest BCUT2D eigenvalue weighted by Gasteiger charge is -2.16. The number of halogens is 1. The third kappa shape index (κ3) is 3.40. The van der Waals surface area contributed by atoms with Crippen LogP contribution in [0.15, 0.2) is 29.0 Å². The van der Waals surface area contributed by atoms with Crippen LogP contribution in [0.1, 0.15) is 17.0 Å². The molecular weight excluding hydrogens is 306 g/mol. The lowest BCUT2D eigenvalue weighted by atomic mass is 10.0. The zero-order chi connectivity index (χ0) is 13.8. The van der Waals surface area contributed by atoms with Crippen LogP contribution in [0.5, 0.6) is 0 Å². The largest absolute Gasteiger partial charge is 0.271 e. The highest BCUT2D eigenvalue weighted by Crippen LogP contribution is 2.22. The molecule has 5 nitrogen and oxygen atoms in total. The number of nitrogens with zero attached hydrogens (tertiary/aromatic N) is 3. The molecule has 6 heteroatoms. The number of hydrazine groups is 1. The number of pyridine rings is 1. The van der Waals surface area contributed by atoms with Gasteiger partial charge >= 0.3 is 0 Å². The Bertz CT molecular complexity index is 537. The van der Waals surface area contributed by atoms with Gasteiger partial charge in [0.25, 0.3) is 0 Å². The van der Waals surface area contributed by atoms with E-state index >= 15 is 0 Å². The van der Waals surface area contributed by atoms with Crippen LogP contribution in [0.25, 0.3) is 0 Å². The molecule has 0 saturated heterocycles. The van der Waals surface area contributed by atoms with Crippen molar-refractivity contribution in [3.05, 3.63) is 46.0 Å². The topological polar surface area (TPSA) is 68.8 Å². The summed E-state index contributed by atoms with van der Waals surface area (Å²) in [7, 11) is 1.95. The third-order valence-corrected chi connectivity index (χ3v) is 4.17. The lowest BCUT2D eigenvalue weighted by Crippen LogP contribution is -2.39. The maximum Gasteiger partial charge on any atom is 0.0738 e. The van der Waals surface area contributed by atoms with Gasteiger partial charge in [-0.1, -0.05) is 6.07 Å². The summed E-state index contributed by atoms with van der Waals surface area (Å²) in [5, 5.41) is 4.39. The van der Waals surface area contributed by atoms with Gasteiger partial charge in [0, 0.05) is 31.9 Å². The molecule has 0 aliphatic carbocycles. The van der Waals surface area contributed by atoms with E-state index in [0.717, 1.165) is 28.7 Å². The van der Waals surface area contributed by atoms with Crippen LogP contribution in [0.4, 0.5) is 0 Å². The molecule has 2 aromatic heterocycles. The van der Waals surface area contributed by atoms with Gasteiger partial charge in [-0.15, -0.1) is 0 Å². The molecular formula is C13H18BrN5. The van der Waals surface area contributed by atoms with Gasteiger partial charge in [-0.25, -0.2) is 0 Å². The number of hydrogen-bond donors (Lipinski definition) is 2. The molecule has 0 bridgehead atoms. The van der Waals surface area contributed by atoms with Crippen LogP contribution < -0.4 is 11.3 Å². The Labute approximate surface area is 121 Å². The molecule has 0 aromatic carbocycles. The molecule has 1 unspecified atom stereocenters. The van der Waals surface area contributed by atoms with Crippen molar-refractivity contribution in [2.75, 3.05) is 0 Å². The molecule has 19 heavy (non-hydrogen) atoms. The normalized spacial score (nSPS) is 12.6. The highest BCUT2D eigenvalue weighted by Gasteiger charge is 2.16. The van der Waals surface area contributed by atoms with Crippen LogP contribution in [0.3, 0.4) is 0 Å². The molecule has 2 aromatic rings. The summed E-state index contributed by atoms with van der Waals surface area (Å²) < 4.78 is 2.95. The fourth-order valence-corrected chi connectivity index (χ4v) is 2.63. The van der Waals surface area contributed by atoms with E-state index in [1.54, 1.807) is 6.20 Å². The standard InChI is InChI=1S/C13H18BrN5/c1-9-13(14)12(19(2)18-9)7-11(17-15)6-10-4-3-5-16-8-10/h3-5,8,11,17H,6-7,15H2,1-2H3. The third-order valence-electron chi connectivity index (χ3n) is 3.14. The van der Waals surface area contributed by atoms with Crippen LogP contribution in [0, 0.1) is 6.92 Å². The number of nitrogens with two attached hydrogens (primary N) is 1. The fraction of sp³-hybridized carbons (Fsp3) is 0.385. The van der Waals surface area contributed by atoms with Gasteiger partial charge in [0.2, 0.25) is 0 Å². The first-order valence-electron chi connectivity index (χ1n) is 6.14. The summed E-state index contributed by atoms with van der Waals surface area (Å²) in [5.74, 6) is 5.66. The van der Waals surface area contributed by atoms with Crippen molar-refractivity contribution in [1.82, 2.24) is 20.2 Å².